The highest BCUT2D eigenvalue weighted by molar-refractivity contribution is 6.33. The van der Waals surface area contributed by atoms with Crippen molar-refractivity contribution in [3.8, 4) is 0 Å². The van der Waals surface area contributed by atoms with Gasteiger partial charge >= 0.3 is 0 Å². The Bertz CT molecular complexity index is 1130. The average molecular weight is 480 g/mol. The van der Waals surface area contributed by atoms with E-state index in [1.54, 1.807) is 23.1 Å². The molecule has 0 spiro atoms. The van der Waals surface area contributed by atoms with Crippen molar-refractivity contribution in [2.75, 3.05) is 38.0 Å². The zero-order chi connectivity index (χ0) is 24.7. The maximum absolute atomic E-state index is 13.8. The smallest absolute Gasteiger partial charge is 0.256 e. The van der Waals surface area contributed by atoms with Crippen molar-refractivity contribution in [2.45, 2.75) is 19.5 Å². The van der Waals surface area contributed by atoms with Gasteiger partial charge in [-0.15, -0.1) is 0 Å². The molecular formula is C27H30ClN3O3. The fraction of sp³-hybridized carbons (Fsp3) is 0.259. The zero-order valence-electron chi connectivity index (χ0n) is 19.9. The van der Waals surface area contributed by atoms with Gasteiger partial charge < -0.3 is 19.9 Å². The summed E-state index contributed by atoms with van der Waals surface area (Å²) >= 11 is 6.40. The molecule has 3 aromatic carbocycles. The molecule has 3 rings (SSSR count). The fourth-order valence-corrected chi connectivity index (χ4v) is 4.04. The second-order valence-electron chi connectivity index (χ2n) is 8.22. The highest BCUT2D eigenvalue weighted by Crippen LogP contribution is 2.31. The van der Waals surface area contributed by atoms with Crippen LogP contribution in [0.3, 0.4) is 0 Å². The average Bonchev–Trinajstić information content (AvgIpc) is 2.82. The minimum Gasteiger partial charge on any atom is -0.377 e. The molecule has 0 aliphatic carbocycles. The van der Waals surface area contributed by atoms with Crippen LogP contribution < -0.4 is 10.2 Å². The summed E-state index contributed by atoms with van der Waals surface area (Å²) in [7, 11) is 5.37. The third kappa shape index (κ3) is 6.16. The lowest BCUT2D eigenvalue weighted by atomic mass is 10.0. The number of nitrogens with zero attached hydrogens (tertiary/aromatic N) is 2. The third-order valence-electron chi connectivity index (χ3n) is 5.58. The molecule has 0 saturated heterocycles. The number of carbonyl (C=O) groups is 2. The second kappa shape index (κ2) is 11.7. The monoisotopic (exact) mass is 479 g/mol. The molecule has 0 bridgehead atoms. The molecule has 178 valence electrons. The first-order valence-electron chi connectivity index (χ1n) is 11.0. The first kappa shape index (κ1) is 25.3. The molecule has 0 aliphatic heterocycles. The van der Waals surface area contributed by atoms with E-state index in [-0.39, 0.29) is 24.5 Å². The van der Waals surface area contributed by atoms with E-state index in [0.717, 1.165) is 16.8 Å². The van der Waals surface area contributed by atoms with Crippen molar-refractivity contribution in [3.05, 3.63) is 94.5 Å². The topological polar surface area (TPSA) is 61.9 Å². The van der Waals surface area contributed by atoms with Crippen LogP contribution in [0.25, 0.3) is 0 Å². The van der Waals surface area contributed by atoms with Crippen LogP contribution in [0.5, 0.6) is 0 Å². The quantitative estimate of drug-likeness (QED) is 0.446. The van der Waals surface area contributed by atoms with Gasteiger partial charge in [-0.25, -0.2) is 0 Å². The Labute approximate surface area is 206 Å². The molecule has 0 fully saturated rings. The lowest BCUT2D eigenvalue weighted by Gasteiger charge is -2.32. The Kier molecular flexibility index (Phi) is 8.68. The summed E-state index contributed by atoms with van der Waals surface area (Å²) < 4.78 is 4.92. The Morgan fingerprint density at radius 3 is 2.32 bits per heavy atom. The number of hydrogen-bond acceptors (Lipinski definition) is 4. The summed E-state index contributed by atoms with van der Waals surface area (Å²) in [5, 5.41) is 3.26. The second-order valence-corrected chi connectivity index (χ2v) is 8.63. The van der Waals surface area contributed by atoms with Crippen molar-refractivity contribution >= 4 is 34.8 Å². The van der Waals surface area contributed by atoms with Gasteiger partial charge in [0.05, 0.1) is 16.6 Å². The number of nitrogens with one attached hydrogen (secondary N) is 1. The Morgan fingerprint density at radius 1 is 1.00 bits per heavy atom. The summed E-state index contributed by atoms with van der Waals surface area (Å²) in [6.45, 7) is 2.29. The van der Waals surface area contributed by atoms with Crippen molar-refractivity contribution in [1.29, 1.82) is 0 Å². The maximum Gasteiger partial charge on any atom is 0.256 e. The Morgan fingerprint density at radius 2 is 1.68 bits per heavy atom. The van der Waals surface area contributed by atoms with Gasteiger partial charge in [0.2, 0.25) is 5.91 Å². The number of ether oxygens (including phenoxy) is 1. The normalized spacial score (nSPS) is 11.6. The van der Waals surface area contributed by atoms with Crippen LogP contribution in [-0.4, -0.2) is 44.5 Å². The van der Waals surface area contributed by atoms with Gasteiger partial charge in [0.25, 0.3) is 5.91 Å². The van der Waals surface area contributed by atoms with E-state index in [9.17, 15) is 9.59 Å². The van der Waals surface area contributed by atoms with E-state index in [4.69, 9.17) is 16.3 Å². The highest BCUT2D eigenvalue weighted by atomic mass is 35.5. The predicted molar refractivity (Wildman–Crippen MR) is 137 cm³/mol. The molecule has 6 nitrogen and oxygen atoms in total. The summed E-state index contributed by atoms with van der Waals surface area (Å²) in [5.41, 5.74) is 3.94. The van der Waals surface area contributed by atoms with Gasteiger partial charge in [0.1, 0.15) is 6.61 Å². The number of amides is 2. The summed E-state index contributed by atoms with van der Waals surface area (Å²) in [6.07, 6.45) is 0. The summed E-state index contributed by atoms with van der Waals surface area (Å²) in [5.74, 6) is -0.409. The van der Waals surface area contributed by atoms with Gasteiger partial charge in [0, 0.05) is 39.1 Å². The van der Waals surface area contributed by atoms with Crippen LogP contribution >= 0.6 is 11.6 Å². The van der Waals surface area contributed by atoms with E-state index < -0.39 is 0 Å². The molecule has 3 aromatic rings. The number of anilines is 2. The molecule has 0 unspecified atom stereocenters. The maximum atomic E-state index is 13.8. The minimum absolute atomic E-state index is 0.0348. The summed E-state index contributed by atoms with van der Waals surface area (Å²) in [4.78, 5) is 29.6. The molecular weight excluding hydrogens is 450 g/mol. The zero-order valence-corrected chi connectivity index (χ0v) is 20.7. The Balaban J connectivity index is 2.03. The van der Waals surface area contributed by atoms with Crippen molar-refractivity contribution in [3.63, 3.8) is 0 Å². The first-order chi connectivity index (χ1) is 16.3. The summed E-state index contributed by atoms with van der Waals surface area (Å²) in [6, 6.07) is 22.4. The molecule has 0 aliphatic rings. The van der Waals surface area contributed by atoms with Crippen molar-refractivity contribution in [1.82, 2.24) is 4.90 Å². The predicted octanol–water partition coefficient (Wildman–Crippen LogP) is 5.39. The SMILES string of the molecule is COCC(=O)Nc1ccc(N(C)C)c(CN(C(=O)c2ccccc2Cl)[C@H](C)c2ccccc2)c1. The number of benzene rings is 3. The van der Waals surface area contributed by atoms with Crippen LogP contribution in [0.1, 0.15) is 34.5 Å². The number of hydrogen-bond donors (Lipinski definition) is 1. The van der Waals surface area contributed by atoms with Crippen LogP contribution in [0.15, 0.2) is 72.8 Å². The van der Waals surface area contributed by atoms with Crippen LogP contribution in [-0.2, 0) is 16.1 Å². The van der Waals surface area contributed by atoms with Gasteiger partial charge in [-0.3, -0.25) is 9.59 Å². The molecule has 34 heavy (non-hydrogen) atoms. The van der Waals surface area contributed by atoms with Crippen LogP contribution in [0.2, 0.25) is 5.02 Å². The van der Waals surface area contributed by atoms with Crippen molar-refractivity contribution in [2.24, 2.45) is 0 Å². The molecule has 0 heterocycles. The molecule has 0 radical (unpaired) electrons. The molecule has 0 aromatic heterocycles. The van der Waals surface area contributed by atoms with E-state index in [1.807, 2.05) is 80.5 Å². The first-order valence-corrected chi connectivity index (χ1v) is 11.4. The van der Waals surface area contributed by atoms with Crippen molar-refractivity contribution < 1.29 is 14.3 Å². The third-order valence-corrected chi connectivity index (χ3v) is 5.91. The lowest BCUT2D eigenvalue weighted by molar-refractivity contribution is -0.119. The van der Waals surface area contributed by atoms with E-state index in [1.165, 1.54) is 7.11 Å². The Hall–Kier alpha value is -3.35. The molecule has 1 N–H and O–H groups in total. The minimum atomic E-state index is -0.243. The van der Waals surface area contributed by atoms with Gasteiger partial charge in [-0.1, -0.05) is 54.1 Å². The number of rotatable bonds is 9. The molecule has 1 atom stereocenters. The van der Waals surface area contributed by atoms with Crippen LogP contribution in [0.4, 0.5) is 11.4 Å². The fourth-order valence-electron chi connectivity index (χ4n) is 3.82. The standard InChI is InChI=1S/C27H30ClN3O3/c1-19(20-10-6-5-7-11-20)31(27(33)23-12-8-9-13-24(23)28)17-21-16-22(29-26(32)18-34-4)14-15-25(21)30(2)3/h5-16,19H,17-18H2,1-4H3,(H,29,32)/t19-/m1/s1. The number of carbonyl (C=O) groups excluding carboxylic acids is 2. The highest BCUT2D eigenvalue weighted by Gasteiger charge is 2.26. The van der Waals surface area contributed by atoms with Gasteiger partial charge in [-0.05, 0) is 48.4 Å². The molecule has 2 amide bonds. The number of halogens is 1. The van der Waals surface area contributed by atoms with E-state index in [2.05, 4.69) is 5.32 Å². The van der Waals surface area contributed by atoms with E-state index >= 15 is 0 Å². The number of methoxy groups -OCH3 is 1. The lowest BCUT2D eigenvalue weighted by Crippen LogP contribution is -2.34. The van der Waals surface area contributed by atoms with Crippen LogP contribution in [0, 0.1) is 0 Å². The van der Waals surface area contributed by atoms with Gasteiger partial charge in [0.15, 0.2) is 0 Å². The molecule has 0 saturated carbocycles. The molecule has 7 heteroatoms. The van der Waals surface area contributed by atoms with E-state index in [0.29, 0.717) is 22.8 Å². The van der Waals surface area contributed by atoms with Gasteiger partial charge in [-0.2, -0.15) is 0 Å². The largest absolute Gasteiger partial charge is 0.377 e.